The molecule has 0 radical (unpaired) electrons. The fraction of sp³-hybridized carbons (Fsp3) is 0.222. The van der Waals surface area contributed by atoms with Crippen LogP contribution in [0.4, 0.5) is 0 Å². The summed E-state index contributed by atoms with van der Waals surface area (Å²) in [4.78, 5) is 10.7. The highest BCUT2D eigenvalue weighted by Crippen LogP contribution is 2.17. The number of carboxylic acids is 1. The van der Waals surface area contributed by atoms with Crippen LogP contribution < -0.4 is 0 Å². The van der Waals surface area contributed by atoms with Crippen molar-refractivity contribution in [3.8, 4) is 0 Å². The molecule has 12 heavy (non-hydrogen) atoms. The van der Waals surface area contributed by atoms with E-state index in [2.05, 4.69) is 15.9 Å². The average molecular weight is 229 g/mol. The van der Waals surface area contributed by atoms with Crippen molar-refractivity contribution >= 4 is 21.9 Å². The Kier molecular flexibility index (Phi) is 2.87. The van der Waals surface area contributed by atoms with Crippen LogP contribution in [0.5, 0.6) is 0 Å². The lowest BCUT2D eigenvalue weighted by molar-refractivity contribution is 0.0696. The van der Waals surface area contributed by atoms with Gasteiger partial charge in [0.05, 0.1) is 5.56 Å². The molecule has 2 nitrogen and oxygen atoms in total. The molecule has 1 aromatic carbocycles. The summed E-state index contributed by atoms with van der Waals surface area (Å²) in [6.45, 7) is 1.91. The van der Waals surface area contributed by atoms with E-state index in [0.717, 1.165) is 11.1 Å². The monoisotopic (exact) mass is 228 g/mol. The molecule has 0 aliphatic rings. The number of carboxylic acid groups (broad SMARTS) is 1. The third-order valence-corrected chi connectivity index (χ3v) is 2.34. The van der Waals surface area contributed by atoms with E-state index in [0.29, 0.717) is 10.9 Å². The highest BCUT2D eigenvalue weighted by Gasteiger charge is 2.09. The second-order valence-electron chi connectivity index (χ2n) is 2.54. The van der Waals surface area contributed by atoms with Crippen LogP contribution in [0.1, 0.15) is 21.5 Å². The van der Waals surface area contributed by atoms with Gasteiger partial charge in [0, 0.05) is 5.33 Å². The zero-order valence-corrected chi connectivity index (χ0v) is 8.26. The first kappa shape index (κ1) is 9.26. The Hall–Kier alpha value is -0.830. The average Bonchev–Trinajstić information content (AvgIpc) is 2.03. The van der Waals surface area contributed by atoms with Gasteiger partial charge in [-0.1, -0.05) is 28.1 Å². The lowest BCUT2D eigenvalue weighted by Crippen LogP contribution is -2.02. The van der Waals surface area contributed by atoms with Crippen LogP contribution in [0.3, 0.4) is 0 Å². The molecule has 0 saturated carbocycles. The van der Waals surface area contributed by atoms with Crippen molar-refractivity contribution in [2.24, 2.45) is 0 Å². The summed E-state index contributed by atoms with van der Waals surface area (Å²) in [5.74, 6) is -0.867. The zero-order chi connectivity index (χ0) is 9.14. The summed E-state index contributed by atoms with van der Waals surface area (Å²) in [5.41, 5.74) is 2.24. The molecule has 1 aromatic rings. The van der Waals surface area contributed by atoms with E-state index in [1.807, 2.05) is 13.0 Å². The predicted octanol–water partition coefficient (Wildman–Crippen LogP) is 2.59. The number of hydrogen-bond acceptors (Lipinski definition) is 1. The first-order chi connectivity index (χ1) is 5.66. The molecule has 0 aliphatic heterocycles. The van der Waals surface area contributed by atoms with E-state index in [9.17, 15) is 4.79 Å². The smallest absolute Gasteiger partial charge is 0.336 e. The Morgan fingerprint density at radius 3 is 2.67 bits per heavy atom. The van der Waals surface area contributed by atoms with Gasteiger partial charge in [0.1, 0.15) is 0 Å². The maximum absolute atomic E-state index is 10.7. The topological polar surface area (TPSA) is 37.3 Å². The maximum Gasteiger partial charge on any atom is 0.336 e. The standard InChI is InChI=1S/C9H9BrO2/c1-6-3-2-4-7(9(11)12)8(6)5-10/h2-4H,5H2,1H3,(H,11,12). The molecule has 64 valence electrons. The van der Waals surface area contributed by atoms with Crippen molar-refractivity contribution in [1.29, 1.82) is 0 Å². The van der Waals surface area contributed by atoms with Gasteiger partial charge < -0.3 is 5.11 Å². The molecule has 0 atom stereocenters. The fourth-order valence-electron chi connectivity index (χ4n) is 1.08. The van der Waals surface area contributed by atoms with Crippen molar-refractivity contribution in [3.63, 3.8) is 0 Å². The molecule has 1 rings (SSSR count). The van der Waals surface area contributed by atoms with Crippen LogP contribution in [0.25, 0.3) is 0 Å². The van der Waals surface area contributed by atoms with Crippen LogP contribution in [0.2, 0.25) is 0 Å². The van der Waals surface area contributed by atoms with Crippen molar-refractivity contribution < 1.29 is 9.90 Å². The van der Waals surface area contributed by atoms with Gasteiger partial charge in [0.2, 0.25) is 0 Å². The Labute approximate surface area is 79.3 Å². The number of halogens is 1. The lowest BCUT2D eigenvalue weighted by Gasteiger charge is -2.05. The lowest BCUT2D eigenvalue weighted by atomic mass is 10.0. The minimum atomic E-state index is -0.867. The van der Waals surface area contributed by atoms with Crippen LogP contribution in [-0.4, -0.2) is 11.1 Å². The molecule has 0 bridgehead atoms. The quantitative estimate of drug-likeness (QED) is 0.791. The maximum atomic E-state index is 10.7. The third kappa shape index (κ3) is 1.67. The highest BCUT2D eigenvalue weighted by atomic mass is 79.9. The van der Waals surface area contributed by atoms with E-state index < -0.39 is 5.97 Å². The van der Waals surface area contributed by atoms with E-state index in [-0.39, 0.29) is 0 Å². The summed E-state index contributed by atoms with van der Waals surface area (Å²) in [5, 5.41) is 9.38. The number of carbonyl (C=O) groups is 1. The van der Waals surface area contributed by atoms with Gasteiger partial charge in [0.25, 0.3) is 0 Å². The van der Waals surface area contributed by atoms with Crippen molar-refractivity contribution in [2.75, 3.05) is 0 Å². The van der Waals surface area contributed by atoms with Gasteiger partial charge in [0.15, 0.2) is 0 Å². The van der Waals surface area contributed by atoms with Crippen LogP contribution >= 0.6 is 15.9 Å². The van der Waals surface area contributed by atoms with Gasteiger partial charge in [-0.05, 0) is 24.1 Å². The first-order valence-electron chi connectivity index (χ1n) is 3.54. The molecule has 0 saturated heterocycles. The second kappa shape index (κ2) is 3.72. The van der Waals surface area contributed by atoms with Crippen LogP contribution in [0.15, 0.2) is 18.2 Å². The fourth-order valence-corrected chi connectivity index (χ4v) is 1.82. The Balaban J connectivity index is 3.27. The molecule has 0 aliphatic carbocycles. The van der Waals surface area contributed by atoms with Gasteiger partial charge in [-0.2, -0.15) is 0 Å². The molecule has 3 heteroatoms. The Bertz CT molecular complexity index is 307. The molecular weight excluding hydrogens is 220 g/mol. The van der Waals surface area contributed by atoms with Crippen molar-refractivity contribution in [2.45, 2.75) is 12.3 Å². The minimum absolute atomic E-state index is 0.381. The summed E-state index contributed by atoms with van der Waals surface area (Å²) < 4.78 is 0. The van der Waals surface area contributed by atoms with Crippen molar-refractivity contribution in [3.05, 3.63) is 34.9 Å². The number of aryl methyl sites for hydroxylation is 1. The van der Waals surface area contributed by atoms with Gasteiger partial charge in [-0.15, -0.1) is 0 Å². The molecule has 1 N–H and O–H groups in total. The molecule has 0 unspecified atom stereocenters. The molecular formula is C9H9BrO2. The minimum Gasteiger partial charge on any atom is -0.478 e. The number of rotatable bonds is 2. The summed E-state index contributed by atoms with van der Waals surface area (Å²) in [6, 6.07) is 5.28. The Morgan fingerprint density at radius 2 is 2.25 bits per heavy atom. The Morgan fingerprint density at radius 1 is 1.58 bits per heavy atom. The molecule has 0 spiro atoms. The highest BCUT2D eigenvalue weighted by molar-refractivity contribution is 9.08. The van der Waals surface area contributed by atoms with Crippen LogP contribution in [0, 0.1) is 6.92 Å². The zero-order valence-electron chi connectivity index (χ0n) is 6.67. The van der Waals surface area contributed by atoms with E-state index in [1.165, 1.54) is 0 Å². The third-order valence-electron chi connectivity index (χ3n) is 1.77. The van der Waals surface area contributed by atoms with Gasteiger partial charge >= 0.3 is 5.97 Å². The normalized spacial score (nSPS) is 9.83. The predicted molar refractivity (Wildman–Crippen MR) is 50.8 cm³/mol. The van der Waals surface area contributed by atoms with E-state index >= 15 is 0 Å². The SMILES string of the molecule is Cc1cccc(C(=O)O)c1CBr. The van der Waals surface area contributed by atoms with Gasteiger partial charge in [-0.3, -0.25) is 0 Å². The largest absolute Gasteiger partial charge is 0.478 e. The van der Waals surface area contributed by atoms with Crippen molar-refractivity contribution in [1.82, 2.24) is 0 Å². The summed E-state index contributed by atoms with van der Waals surface area (Å²) in [6.07, 6.45) is 0. The van der Waals surface area contributed by atoms with Crippen LogP contribution in [-0.2, 0) is 5.33 Å². The molecule has 0 heterocycles. The molecule has 0 fully saturated rings. The first-order valence-corrected chi connectivity index (χ1v) is 4.66. The second-order valence-corrected chi connectivity index (χ2v) is 3.10. The molecule has 0 amide bonds. The van der Waals surface area contributed by atoms with Gasteiger partial charge in [-0.25, -0.2) is 4.79 Å². The number of aromatic carboxylic acids is 1. The van der Waals surface area contributed by atoms with E-state index in [1.54, 1.807) is 12.1 Å². The van der Waals surface area contributed by atoms with E-state index in [4.69, 9.17) is 5.11 Å². The number of alkyl halides is 1. The summed E-state index contributed by atoms with van der Waals surface area (Å²) >= 11 is 3.26. The number of hydrogen-bond donors (Lipinski definition) is 1. The summed E-state index contributed by atoms with van der Waals surface area (Å²) in [7, 11) is 0. The molecule has 0 aromatic heterocycles. The number of benzene rings is 1.